The molecule has 28 heavy (non-hydrogen) atoms. The van der Waals surface area contributed by atoms with E-state index in [0.717, 1.165) is 42.5 Å². The minimum absolute atomic E-state index is 0.00376. The second-order valence-electron chi connectivity index (χ2n) is 10.3. The number of ketones is 1. The molecule has 0 spiro atoms. The van der Waals surface area contributed by atoms with Crippen molar-refractivity contribution in [1.82, 2.24) is 14.7 Å². The number of fused-ring (bicyclic) bond motifs is 2. The fourth-order valence-corrected chi connectivity index (χ4v) is 6.73. The summed E-state index contributed by atoms with van der Waals surface area (Å²) in [7, 11) is 1.98. The minimum atomic E-state index is -0.555. The van der Waals surface area contributed by atoms with Crippen molar-refractivity contribution >= 4 is 16.7 Å². The quantitative estimate of drug-likeness (QED) is 0.870. The largest absolute Gasteiger partial charge is 0.326 e. The first-order valence-electron chi connectivity index (χ1n) is 10.6. The lowest BCUT2D eigenvalue weighted by atomic mass is 9.68. The van der Waals surface area contributed by atoms with Gasteiger partial charge >= 0.3 is 0 Å². The van der Waals surface area contributed by atoms with Crippen LogP contribution in [-0.2, 0) is 17.3 Å². The van der Waals surface area contributed by atoms with E-state index in [1.165, 1.54) is 0 Å². The number of carbonyl (C=O) groups excluding carboxylic acids is 1. The summed E-state index contributed by atoms with van der Waals surface area (Å²) in [5, 5.41) is 5.99. The van der Waals surface area contributed by atoms with Gasteiger partial charge in [0, 0.05) is 31.6 Å². The second kappa shape index (κ2) is 5.45. The van der Waals surface area contributed by atoms with Crippen LogP contribution in [0.4, 0.5) is 0 Å². The number of likely N-dealkylation sites (tertiary alicyclic amines) is 1. The molecule has 5 nitrogen and oxygen atoms in total. The molecule has 5 rings (SSSR count). The third-order valence-electron chi connectivity index (χ3n) is 8.50. The summed E-state index contributed by atoms with van der Waals surface area (Å²) in [5.74, 6) is 1.22. The van der Waals surface area contributed by atoms with Crippen molar-refractivity contribution in [2.75, 3.05) is 13.1 Å². The molecule has 150 valence electrons. The number of carbonyl (C=O) groups is 1. The fraction of sp³-hybridized carbons (Fsp3) is 0.652. The molecule has 1 aliphatic heterocycles. The Morgan fingerprint density at radius 2 is 1.89 bits per heavy atom. The Kier molecular flexibility index (Phi) is 3.57. The standard InChI is InChI=1S/C23H32N4O/c1-14-12-27(13-16(14)24)23-18(21(23,2)3)10-11-22(4,20(23)28)19-15-8-6-7-9-17(15)26(5)25-19/h6-9,14,16,18H,10-13,24H2,1-5H3/t14-,16+,18?,22?,23?/m0/s1. The number of hydrogen-bond donors (Lipinski definition) is 1. The Hall–Kier alpha value is -1.72. The van der Waals surface area contributed by atoms with Crippen LogP contribution in [0.25, 0.3) is 10.9 Å². The smallest absolute Gasteiger partial charge is 0.165 e. The van der Waals surface area contributed by atoms with Gasteiger partial charge in [-0.05, 0) is 43.1 Å². The van der Waals surface area contributed by atoms with Crippen LogP contribution in [0.15, 0.2) is 24.3 Å². The van der Waals surface area contributed by atoms with Gasteiger partial charge in [0.1, 0.15) is 0 Å². The van der Waals surface area contributed by atoms with Crippen molar-refractivity contribution in [2.45, 2.75) is 57.5 Å². The Morgan fingerprint density at radius 3 is 2.57 bits per heavy atom. The van der Waals surface area contributed by atoms with Crippen LogP contribution < -0.4 is 5.73 Å². The van der Waals surface area contributed by atoms with Crippen LogP contribution >= 0.6 is 0 Å². The van der Waals surface area contributed by atoms with Crippen molar-refractivity contribution in [3.8, 4) is 0 Å². The molecule has 2 aromatic rings. The number of nitrogens with zero attached hydrogens (tertiary/aromatic N) is 3. The van der Waals surface area contributed by atoms with Crippen molar-refractivity contribution in [3.05, 3.63) is 30.0 Å². The molecule has 1 aromatic heterocycles. The molecule has 2 aliphatic carbocycles. The zero-order valence-electron chi connectivity index (χ0n) is 17.7. The molecule has 5 atom stereocenters. The molecule has 2 heterocycles. The van der Waals surface area contributed by atoms with Crippen LogP contribution in [0.1, 0.15) is 46.2 Å². The number of benzene rings is 1. The molecule has 3 aliphatic rings. The maximum Gasteiger partial charge on any atom is 0.165 e. The first-order valence-corrected chi connectivity index (χ1v) is 10.6. The molecule has 0 bridgehead atoms. The van der Waals surface area contributed by atoms with Gasteiger partial charge in [-0.1, -0.05) is 39.0 Å². The second-order valence-corrected chi connectivity index (χ2v) is 10.3. The summed E-state index contributed by atoms with van der Waals surface area (Å²) in [6, 6.07) is 8.44. The molecule has 0 amide bonds. The van der Waals surface area contributed by atoms with Gasteiger partial charge < -0.3 is 5.73 Å². The summed E-state index contributed by atoms with van der Waals surface area (Å²) < 4.78 is 1.92. The molecule has 0 radical (unpaired) electrons. The van der Waals surface area contributed by atoms with Crippen molar-refractivity contribution in [1.29, 1.82) is 0 Å². The number of hydrogen-bond acceptors (Lipinski definition) is 4. The first-order chi connectivity index (χ1) is 13.2. The lowest BCUT2D eigenvalue weighted by molar-refractivity contribution is -0.134. The van der Waals surface area contributed by atoms with E-state index in [1.54, 1.807) is 0 Å². The first kappa shape index (κ1) is 18.3. The van der Waals surface area contributed by atoms with E-state index in [4.69, 9.17) is 10.8 Å². The van der Waals surface area contributed by atoms with E-state index < -0.39 is 5.41 Å². The van der Waals surface area contributed by atoms with Crippen LogP contribution in [0.5, 0.6) is 0 Å². The Balaban J connectivity index is 1.64. The zero-order chi connectivity index (χ0) is 20.1. The fourth-order valence-electron chi connectivity index (χ4n) is 6.73. The van der Waals surface area contributed by atoms with Gasteiger partial charge in [0.2, 0.25) is 0 Å². The molecule has 1 aromatic carbocycles. The van der Waals surface area contributed by atoms with Crippen molar-refractivity contribution < 1.29 is 4.79 Å². The van der Waals surface area contributed by atoms with E-state index in [1.807, 2.05) is 23.9 Å². The van der Waals surface area contributed by atoms with E-state index in [2.05, 4.69) is 44.7 Å². The maximum absolute atomic E-state index is 14.3. The number of Topliss-reactive ketones (excluding diaryl/α,β-unsaturated/α-hetero) is 1. The monoisotopic (exact) mass is 380 g/mol. The Bertz CT molecular complexity index is 968. The van der Waals surface area contributed by atoms with Crippen LogP contribution in [0, 0.1) is 17.3 Å². The van der Waals surface area contributed by atoms with Gasteiger partial charge in [0.05, 0.1) is 22.2 Å². The molecule has 3 fully saturated rings. The van der Waals surface area contributed by atoms with Gasteiger partial charge in [0.15, 0.2) is 5.78 Å². The third kappa shape index (κ3) is 1.94. The van der Waals surface area contributed by atoms with Crippen molar-refractivity contribution in [2.24, 2.45) is 30.0 Å². The number of nitrogens with two attached hydrogens (primary N) is 1. The molecule has 5 heteroatoms. The number of rotatable bonds is 2. The highest BCUT2D eigenvalue weighted by Crippen LogP contribution is 2.72. The van der Waals surface area contributed by atoms with Crippen LogP contribution in [0.3, 0.4) is 0 Å². The average molecular weight is 381 g/mol. The highest BCUT2D eigenvalue weighted by atomic mass is 16.1. The number of para-hydroxylation sites is 1. The summed E-state index contributed by atoms with van der Waals surface area (Å²) >= 11 is 0. The summed E-state index contributed by atoms with van der Waals surface area (Å²) in [4.78, 5) is 16.8. The molecule has 1 saturated heterocycles. The molecule has 3 unspecified atom stereocenters. The van der Waals surface area contributed by atoms with Gasteiger partial charge in [-0.3, -0.25) is 14.4 Å². The van der Waals surface area contributed by atoms with Gasteiger partial charge in [-0.2, -0.15) is 5.10 Å². The summed E-state index contributed by atoms with van der Waals surface area (Å²) in [6.07, 6.45) is 1.94. The summed E-state index contributed by atoms with van der Waals surface area (Å²) in [5.41, 5.74) is 7.47. The predicted molar refractivity (Wildman–Crippen MR) is 111 cm³/mol. The SMILES string of the molecule is C[C@H]1CN(C23C(=O)C(C)(c4nn(C)c5ccccc45)CCC2C3(C)C)C[C@H]1N. The molecule has 2 N–H and O–H groups in total. The zero-order valence-corrected chi connectivity index (χ0v) is 17.7. The Morgan fingerprint density at radius 1 is 1.18 bits per heavy atom. The van der Waals surface area contributed by atoms with E-state index in [-0.39, 0.29) is 17.0 Å². The van der Waals surface area contributed by atoms with Gasteiger partial charge in [-0.15, -0.1) is 0 Å². The average Bonchev–Trinajstić information content (AvgIpc) is 2.89. The third-order valence-corrected chi connectivity index (χ3v) is 8.50. The molecule has 2 saturated carbocycles. The molecular weight excluding hydrogens is 348 g/mol. The van der Waals surface area contributed by atoms with E-state index in [9.17, 15) is 4.79 Å². The number of aromatic nitrogens is 2. The Labute approximate surface area is 167 Å². The topological polar surface area (TPSA) is 64.2 Å². The summed E-state index contributed by atoms with van der Waals surface area (Å²) in [6.45, 7) is 10.7. The van der Waals surface area contributed by atoms with Crippen molar-refractivity contribution in [3.63, 3.8) is 0 Å². The van der Waals surface area contributed by atoms with Gasteiger partial charge in [0.25, 0.3) is 0 Å². The van der Waals surface area contributed by atoms with Crippen LogP contribution in [-0.4, -0.2) is 45.1 Å². The van der Waals surface area contributed by atoms with E-state index in [0.29, 0.717) is 17.6 Å². The minimum Gasteiger partial charge on any atom is -0.326 e. The molecular formula is C23H32N4O. The predicted octanol–water partition coefficient (Wildman–Crippen LogP) is 2.87. The lowest BCUT2D eigenvalue weighted by Crippen LogP contribution is -2.56. The maximum atomic E-state index is 14.3. The van der Waals surface area contributed by atoms with Gasteiger partial charge in [-0.25, -0.2) is 0 Å². The highest BCUT2D eigenvalue weighted by molar-refractivity contribution is 6.05. The highest BCUT2D eigenvalue weighted by Gasteiger charge is 2.81. The number of aryl methyl sites for hydroxylation is 1. The van der Waals surface area contributed by atoms with E-state index >= 15 is 0 Å². The normalized spacial score (nSPS) is 40.1. The van der Waals surface area contributed by atoms with Crippen LogP contribution in [0.2, 0.25) is 0 Å². The lowest BCUT2D eigenvalue weighted by Gasteiger charge is -2.41.